The predicted octanol–water partition coefficient (Wildman–Crippen LogP) is 7.12. The van der Waals surface area contributed by atoms with Gasteiger partial charge in [0.25, 0.3) is 5.69 Å². The van der Waals surface area contributed by atoms with E-state index in [1.807, 2.05) is 12.1 Å². The van der Waals surface area contributed by atoms with Gasteiger partial charge in [-0.1, -0.05) is 66.4 Å². The molecular weight excluding hydrogens is 392 g/mol. The summed E-state index contributed by atoms with van der Waals surface area (Å²) >= 11 is 1.78. The van der Waals surface area contributed by atoms with E-state index in [1.54, 1.807) is 23.9 Å². The van der Waals surface area contributed by atoms with E-state index >= 15 is 0 Å². The summed E-state index contributed by atoms with van der Waals surface area (Å²) in [4.78, 5) is 15.7. The molecule has 1 aliphatic heterocycles. The zero-order valence-corrected chi connectivity index (χ0v) is 16.9. The minimum Gasteiger partial charge on any atom is -0.308 e. The molecule has 4 aromatic carbocycles. The fourth-order valence-electron chi connectivity index (χ4n) is 3.80. The lowest BCUT2D eigenvalue weighted by molar-refractivity contribution is -0.385. The number of rotatable bonds is 4. The molecule has 5 heteroatoms. The second-order valence-corrected chi connectivity index (χ2v) is 8.19. The minimum absolute atomic E-state index is 0.164. The average molecular weight is 410 g/mol. The summed E-state index contributed by atoms with van der Waals surface area (Å²) in [6.45, 7) is 0. The Morgan fingerprint density at radius 2 is 1.30 bits per heavy atom. The summed E-state index contributed by atoms with van der Waals surface area (Å²) in [5, 5.41) is 11.3. The highest BCUT2D eigenvalue weighted by Crippen LogP contribution is 2.51. The first-order chi connectivity index (χ1) is 14.7. The second-order valence-electron chi connectivity index (χ2n) is 7.10. The Hall–Kier alpha value is -3.57. The molecule has 0 aromatic heterocycles. The SMILES string of the molecule is O=[N+]([O-])c1ccccc1Cc1ccc(N2c3ccccc3Sc3ccccc32)cc1. The maximum absolute atomic E-state index is 11.3. The summed E-state index contributed by atoms with van der Waals surface area (Å²) in [5.41, 5.74) is 5.32. The molecule has 1 heterocycles. The summed E-state index contributed by atoms with van der Waals surface area (Å²) in [7, 11) is 0. The molecule has 0 amide bonds. The fraction of sp³-hybridized carbons (Fsp3) is 0.0400. The number of benzene rings is 4. The largest absolute Gasteiger partial charge is 0.308 e. The van der Waals surface area contributed by atoms with Crippen molar-refractivity contribution in [3.8, 4) is 0 Å². The van der Waals surface area contributed by atoms with E-state index < -0.39 is 0 Å². The van der Waals surface area contributed by atoms with Gasteiger partial charge in [0, 0.05) is 33.5 Å². The third-order valence-corrected chi connectivity index (χ3v) is 6.34. The van der Waals surface area contributed by atoms with Crippen LogP contribution in [0.25, 0.3) is 0 Å². The van der Waals surface area contributed by atoms with Crippen molar-refractivity contribution in [1.82, 2.24) is 0 Å². The quantitative estimate of drug-likeness (QED) is 0.234. The standard InChI is InChI=1S/C25H18N2O2S/c28-27(29)21-8-2-1-7-19(21)17-18-13-15-20(16-14-18)26-22-9-3-5-11-24(22)30-25-12-6-4-10-23(25)26/h1-16H,17H2. The smallest absolute Gasteiger partial charge is 0.272 e. The number of anilines is 3. The van der Waals surface area contributed by atoms with E-state index in [-0.39, 0.29) is 10.6 Å². The molecular formula is C25H18N2O2S. The van der Waals surface area contributed by atoms with Crippen molar-refractivity contribution >= 4 is 34.5 Å². The molecule has 0 unspecified atom stereocenters. The lowest BCUT2D eigenvalue weighted by atomic mass is 10.0. The molecule has 30 heavy (non-hydrogen) atoms. The van der Waals surface area contributed by atoms with E-state index in [0.717, 1.165) is 28.2 Å². The van der Waals surface area contributed by atoms with Gasteiger partial charge < -0.3 is 4.90 Å². The van der Waals surface area contributed by atoms with Crippen LogP contribution in [-0.4, -0.2) is 4.92 Å². The van der Waals surface area contributed by atoms with Crippen molar-refractivity contribution < 1.29 is 4.92 Å². The molecule has 0 radical (unpaired) electrons. The number of fused-ring (bicyclic) bond motifs is 2. The highest BCUT2D eigenvalue weighted by atomic mass is 32.2. The van der Waals surface area contributed by atoms with Crippen molar-refractivity contribution in [2.24, 2.45) is 0 Å². The molecule has 0 atom stereocenters. The van der Waals surface area contributed by atoms with Gasteiger partial charge in [-0.2, -0.15) is 0 Å². The van der Waals surface area contributed by atoms with Gasteiger partial charge in [-0.05, 0) is 42.0 Å². The van der Waals surface area contributed by atoms with Gasteiger partial charge in [-0.25, -0.2) is 0 Å². The number of para-hydroxylation sites is 3. The first kappa shape index (κ1) is 18.5. The van der Waals surface area contributed by atoms with Crippen LogP contribution in [0, 0.1) is 10.1 Å². The summed E-state index contributed by atoms with van der Waals surface area (Å²) in [5.74, 6) is 0. The van der Waals surface area contributed by atoms with Gasteiger partial charge >= 0.3 is 0 Å². The summed E-state index contributed by atoms with van der Waals surface area (Å²) < 4.78 is 0. The molecule has 4 aromatic rings. The average Bonchev–Trinajstić information content (AvgIpc) is 2.78. The molecule has 5 rings (SSSR count). The Bertz CT molecular complexity index is 1190. The maximum atomic E-state index is 11.3. The normalized spacial score (nSPS) is 12.2. The molecule has 0 fully saturated rings. The van der Waals surface area contributed by atoms with Crippen LogP contribution in [-0.2, 0) is 6.42 Å². The Balaban J connectivity index is 1.51. The fourth-order valence-corrected chi connectivity index (χ4v) is 4.86. The van der Waals surface area contributed by atoms with Crippen LogP contribution >= 0.6 is 11.8 Å². The molecule has 0 N–H and O–H groups in total. The minimum atomic E-state index is -0.317. The van der Waals surface area contributed by atoms with Crippen LogP contribution in [0.3, 0.4) is 0 Å². The van der Waals surface area contributed by atoms with E-state index in [1.165, 1.54) is 9.79 Å². The predicted molar refractivity (Wildman–Crippen MR) is 121 cm³/mol. The third kappa shape index (κ3) is 3.33. The molecule has 1 aliphatic rings. The van der Waals surface area contributed by atoms with Crippen LogP contribution in [0.1, 0.15) is 11.1 Å². The maximum Gasteiger partial charge on any atom is 0.272 e. The van der Waals surface area contributed by atoms with Gasteiger partial charge in [0.1, 0.15) is 0 Å². The van der Waals surface area contributed by atoms with Gasteiger partial charge in [0.2, 0.25) is 0 Å². The molecule has 146 valence electrons. The van der Waals surface area contributed by atoms with E-state index in [9.17, 15) is 10.1 Å². The monoisotopic (exact) mass is 410 g/mol. The first-order valence-electron chi connectivity index (χ1n) is 9.68. The summed E-state index contributed by atoms with van der Waals surface area (Å²) in [6.07, 6.45) is 0.528. The number of hydrogen-bond donors (Lipinski definition) is 0. The van der Waals surface area contributed by atoms with Crippen LogP contribution in [0.4, 0.5) is 22.7 Å². The number of nitrogens with zero attached hydrogens (tertiary/aromatic N) is 2. The second kappa shape index (κ2) is 7.69. The van der Waals surface area contributed by atoms with Crippen molar-refractivity contribution in [2.45, 2.75) is 16.2 Å². The molecule has 0 bridgehead atoms. The first-order valence-corrected chi connectivity index (χ1v) is 10.5. The lowest BCUT2D eigenvalue weighted by Crippen LogP contribution is -2.14. The molecule has 0 saturated heterocycles. The topological polar surface area (TPSA) is 46.4 Å². The zero-order valence-electron chi connectivity index (χ0n) is 16.1. The van der Waals surface area contributed by atoms with Gasteiger partial charge in [0.05, 0.1) is 16.3 Å². The van der Waals surface area contributed by atoms with Crippen LogP contribution in [0.15, 0.2) is 107 Å². The van der Waals surface area contributed by atoms with Gasteiger partial charge in [-0.3, -0.25) is 10.1 Å². The number of nitro groups is 1. The number of hydrogen-bond acceptors (Lipinski definition) is 4. The third-order valence-electron chi connectivity index (χ3n) is 5.21. The lowest BCUT2D eigenvalue weighted by Gasteiger charge is -2.32. The summed E-state index contributed by atoms with van der Waals surface area (Å²) in [6, 6.07) is 32.0. The highest BCUT2D eigenvalue weighted by Gasteiger charge is 2.24. The van der Waals surface area contributed by atoms with Crippen LogP contribution < -0.4 is 4.90 Å². The Morgan fingerprint density at radius 3 is 1.93 bits per heavy atom. The van der Waals surface area contributed by atoms with E-state index in [4.69, 9.17) is 0 Å². The molecule has 0 saturated carbocycles. The van der Waals surface area contributed by atoms with Gasteiger partial charge in [0.15, 0.2) is 0 Å². The van der Waals surface area contributed by atoms with Crippen molar-refractivity contribution in [3.63, 3.8) is 0 Å². The Morgan fingerprint density at radius 1 is 0.733 bits per heavy atom. The van der Waals surface area contributed by atoms with Crippen LogP contribution in [0.2, 0.25) is 0 Å². The van der Waals surface area contributed by atoms with Crippen molar-refractivity contribution in [1.29, 1.82) is 0 Å². The molecule has 0 aliphatic carbocycles. The van der Waals surface area contributed by atoms with E-state index in [0.29, 0.717) is 6.42 Å². The number of nitro benzene ring substituents is 1. The zero-order chi connectivity index (χ0) is 20.5. The Kier molecular flexibility index (Phi) is 4.73. The molecule has 0 spiro atoms. The Labute approximate surface area is 178 Å². The van der Waals surface area contributed by atoms with E-state index in [2.05, 4.69) is 77.7 Å². The van der Waals surface area contributed by atoms with Gasteiger partial charge in [-0.15, -0.1) is 0 Å². The van der Waals surface area contributed by atoms with Crippen molar-refractivity contribution in [3.05, 3.63) is 118 Å². The highest BCUT2D eigenvalue weighted by molar-refractivity contribution is 7.99. The van der Waals surface area contributed by atoms with Crippen molar-refractivity contribution in [2.75, 3.05) is 4.90 Å². The molecule has 4 nitrogen and oxygen atoms in total. The van der Waals surface area contributed by atoms with Crippen LogP contribution in [0.5, 0.6) is 0 Å².